The first-order valence-electron chi connectivity index (χ1n) is 6.83. The molecule has 0 aliphatic carbocycles. The van der Waals surface area contributed by atoms with Crippen molar-refractivity contribution in [2.24, 2.45) is 5.73 Å². The van der Waals surface area contributed by atoms with E-state index in [1.54, 1.807) is 0 Å². The molecule has 4 heteroatoms. The Morgan fingerprint density at radius 2 is 1.79 bits per heavy atom. The zero-order chi connectivity index (χ0) is 15.4. The van der Waals surface area contributed by atoms with Gasteiger partial charge in [-0.15, -0.1) is 0 Å². The van der Waals surface area contributed by atoms with Crippen molar-refractivity contribution in [2.45, 2.75) is 65.8 Å². The van der Waals surface area contributed by atoms with Gasteiger partial charge in [0.2, 0.25) is 0 Å². The van der Waals surface area contributed by atoms with Gasteiger partial charge in [0.05, 0.1) is 6.10 Å². The predicted molar refractivity (Wildman–Crippen MR) is 92.2 cm³/mol. The van der Waals surface area contributed by atoms with Gasteiger partial charge in [0.25, 0.3) is 0 Å². The van der Waals surface area contributed by atoms with Crippen LogP contribution >= 0.6 is 15.9 Å². The zero-order valence-electron chi connectivity index (χ0n) is 13.7. The minimum atomic E-state index is -1.71. The van der Waals surface area contributed by atoms with Gasteiger partial charge in [0.15, 0.2) is 8.32 Å². The van der Waals surface area contributed by atoms with Crippen molar-refractivity contribution in [1.82, 2.24) is 0 Å². The third kappa shape index (κ3) is 5.94. The van der Waals surface area contributed by atoms with E-state index in [0.717, 1.165) is 10.1 Å². The lowest BCUT2D eigenvalue weighted by molar-refractivity contribution is 0.232. The third-order valence-corrected chi connectivity index (χ3v) is 9.45. The zero-order valence-corrected chi connectivity index (χ0v) is 16.3. The van der Waals surface area contributed by atoms with Crippen LogP contribution in [0.2, 0.25) is 18.1 Å². The highest BCUT2D eigenvalue weighted by Gasteiger charge is 2.38. The van der Waals surface area contributed by atoms with Gasteiger partial charge in [-0.25, -0.2) is 0 Å². The summed E-state index contributed by atoms with van der Waals surface area (Å²) in [6.45, 7) is 18.2. The van der Waals surface area contributed by atoms with Crippen molar-refractivity contribution in [3.8, 4) is 0 Å². The molecule has 0 heterocycles. The Balaban J connectivity index is 4.96. The van der Waals surface area contributed by atoms with Crippen molar-refractivity contribution < 1.29 is 4.43 Å². The Bertz CT molecular complexity index is 367. The molecule has 112 valence electrons. The molecule has 0 saturated heterocycles. The molecular formula is C15H30BrNOSi. The number of allylic oxidation sites excluding steroid dienone is 2. The number of nitrogens with two attached hydrogens (primary N) is 1. The van der Waals surface area contributed by atoms with E-state index in [1.807, 2.05) is 6.92 Å². The molecule has 0 saturated carbocycles. The van der Waals surface area contributed by atoms with Crippen LogP contribution in [0, 0.1) is 0 Å². The fourth-order valence-electron chi connectivity index (χ4n) is 1.25. The van der Waals surface area contributed by atoms with Crippen LogP contribution in [0.4, 0.5) is 0 Å². The summed E-state index contributed by atoms with van der Waals surface area (Å²) in [4.78, 5) is 0. The minimum Gasteiger partial charge on any atom is -0.411 e. The average Bonchev–Trinajstić information content (AvgIpc) is 2.25. The fourth-order valence-corrected chi connectivity index (χ4v) is 3.20. The summed E-state index contributed by atoms with van der Waals surface area (Å²) in [6.07, 6.45) is 2.26. The molecule has 19 heavy (non-hydrogen) atoms. The molecular weight excluding hydrogens is 318 g/mol. The summed E-state index contributed by atoms with van der Waals surface area (Å²) >= 11 is 3.57. The standard InChI is InChI=1S/C15H30BrNOSi/c1-11(9-14(16)12(2)10-17)13(3)18-19(7,8)15(4,5)6/h9,13H,10,17H2,1-8H3/b11-9?,14-12-/t13-/m1/s1. The summed E-state index contributed by atoms with van der Waals surface area (Å²) < 4.78 is 7.44. The second-order valence-corrected chi connectivity index (χ2v) is 12.4. The SMILES string of the molecule is CC(=C/C(Br)=C(\C)CN)[C@@H](C)O[Si](C)(C)C(C)(C)C. The Kier molecular flexibility index (Phi) is 7.24. The summed E-state index contributed by atoms with van der Waals surface area (Å²) in [6, 6.07) is 0. The minimum absolute atomic E-state index is 0.138. The van der Waals surface area contributed by atoms with Gasteiger partial charge in [-0.2, -0.15) is 0 Å². The van der Waals surface area contributed by atoms with E-state index in [9.17, 15) is 0 Å². The van der Waals surface area contributed by atoms with Crippen LogP contribution < -0.4 is 5.73 Å². The Labute approximate surface area is 128 Å². The highest BCUT2D eigenvalue weighted by Crippen LogP contribution is 2.38. The number of rotatable bonds is 5. The molecule has 1 atom stereocenters. The molecule has 0 aliphatic heterocycles. The monoisotopic (exact) mass is 347 g/mol. The maximum absolute atomic E-state index is 6.37. The summed E-state index contributed by atoms with van der Waals surface area (Å²) in [5.41, 5.74) is 8.02. The van der Waals surface area contributed by atoms with Crippen molar-refractivity contribution in [2.75, 3.05) is 6.54 Å². The topological polar surface area (TPSA) is 35.2 Å². The Morgan fingerprint density at radius 3 is 2.16 bits per heavy atom. The first-order chi connectivity index (χ1) is 8.42. The first kappa shape index (κ1) is 19.1. The van der Waals surface area contributed by atoms with Gasteiger partial charge in [-0.3, -0.25) is 0 Å². The van der Waals surface area contributed by atoms with E-state index in [1.165, 1.54) is 5.57 Å². The lowest BCUT2D eigenvalue weighted by Crippen LogP contribution is -2.43. The number of halogens is 1. The van der Waals surface area contributed by atoms with Crippen molar-refractivity contribution in [1.29, 1.82) is 0 Å². The third-order valence-electron chi connectivity index (χ3n) is 3.99. The van der Waals surface area contributed by atoms with E-state index in [-0.39, 0.29) is 11.1 Å². The van der Waals surface area contributed by atoms with Gasteiger partial charge < -0.3 is 10.2 Å². The number of hydrogen-bond donors (Lipinski definition) is 1. The van der Waals surface area contributed by atoms with Crippen molar-refractivity contribution >= 4 is 24.2 Å². The van der Waals surface area contributed by atoms with E-state index in [4.69, 9.17) is 10.2 Å². The fraction of sp³-hybridized carbons (Fsp3) is 0.733. The molecule has 0 spiro atoms. The highest BCUT2D eigenvalue weighted by atomic mass is 79.9. The molecule has 0 amide bonds. The molecule has 0 fully saturated rings. The molecule has 0 aromatic carbocycles. The Hall–Kier alpha value is 0.0969. The molecule has 0 aromatic heterocycles. The van der Waals surface area contributed by atoms with Crippen LogP contribution in [0.25, 0.3) is 0 Å². The molecule has 2 nitrogen and oxygen atoms in total. The molecule has 0 aliphatic rings. The molecule has 0 radical (unpaired) electrons. The summed E-state index contributed by atoms with van der Waals surface area (Å²) in [5, 5.41) is 0.238. The van der Waals surface area contributed by atoms with Gasteiger partial charge in [0, 0.05) is 11.0 Å². The van der Waals surface area contributed by atoms with Gasteiger partial charge in [-0.1, -0.05) is 36.7 Å². The molecule has 0 rings (SSSR count). The van der Waals surface area contributed by atoms with Crippen molar-refractivity contribution in [3.05, 3.63) is 21.7 Å². The summed E-state index contributed by atoms with van der Waals surface area (Å²) in [7, 11) is -1.71. The van der Waals surface area contributed by atoms with E-state index in [2.05, 4.69) is 69.7 Å². The second-order valence-electron chi connectivity index (χ2n) is 6.74. The van der Waals surface area contributed by atoms with Crippen LogP contribution in [-0.4, -0.2) is 21.0 Å². The predicted octanol–water partition coefficient (Wildman–Crippen LogP) is 4.97. The van der Waals surface area contributed by atoms with Crippen molar-refractivity contribution in [3.63, 3.8) is 0 Å². The summed E-state index contributed by atoms with van der Waals surface area (Å²) in [5.74, 6) is 0. The maximum Gasteiger partial charge on any atom is 0.192 e. The molecule has 2 N–H and O–H groups in total. The van der Waals surface area contributed by atoms with Crippen LogP contribution in [0.15, 0.2) is 21.7 Å². The van der Waals surface area contributed by atoms with Crippen LogP contribution in [0.3, 0.4) is 0 Å². The van der Waals surface area contributed by atoms with E-state index < -0.39 is 8.32 Å². The van der Waals surface area contributed by atoms with Crippen LogP contribution in [-0.2, 0) is 4.43 Å². The first-order valence-corrected chi connectivity index (χ1v) is 10.5. The molecule has 0 bridgehead atoms. The molecule has 0 unspecified atom stereocenters. The largest absolute Gasteiger partial charge is 0.411 e. The number of hydrogen-bond acceptors (Lipinski definition) is 2. The quantitative estimate of drug-likeness (QED) is 0.562. The van der Waals surface area contributed by atoms with Crippen LogP contribution in [0.1, 0.15) is 41.5 Å². The normalized spacial score (nSPS) is 17.3. The van der Waals surface area contributed by atoms with Crippen LogP contribution in [0.5, 0.6) is 0 Å². The molecule has 0 aromatic rings. The van der Waals surface area contributed by atoms with E-state index >= 15 is 0 Å². The smallest absolute Gasteiger partial charge is 0.192 e. The van der Waals surface area contributed by atoms with Gasteiger partial charge in [-0.05, 0) is 56.1 Å². The second kappa shape index (κ2) is 7.20. The Morgan fingerprint density at radius 1 is 1.32 bits per heavy atom. The van der Waals surface area contributed by atoms with E-state index in [0.29, 0.717) is 6.54 Å². The van der Waals surface area contributed by atoms with Gasteiger partial charge in [0.1, 0.15) is 0 Å². The highest BCUT2D eigenvalue weighted by molar-refractivity contribution is 9.11. The lowest BCUT2D eigenvalue weighted by atomic mass is 10.1. The lowest BCUT2D eigenvalue weighted by Gasteiger charge is -2.38. The maximum atomic E-state index is 6.37. The van der Waals surface area contributed by atoms with Gasteiger partial charge >= 0.3 is 0 Å². The average molecular weight is 348 g/mol.